The molecule has 0 amide bonds. The van der Waals surface area contributed by atoms with E-state index in [4.69, 9.17) is 0 Å². The third-order valence-electron chi connectivity index (χ3n) is 3.44. The maximum absolute atomic E-state index is 12.2. The lowest BCUT2D eigenvalue weighted by atomic mass is 9.87. The van der Waals surface area contributed by atoms with Gasteiger partial charge in [0.05, 0.1) is 0 Å². The minimum atomic E-state index is 0.218. The molecule has 16 heavy (non-hydrogen) atoms. The van der Waals surface area contributed by atoms with Crippen LogP contribution in [0.25, 0.3) is 0 Å². The van der Waals surface area contributed by atoms with Gasteiger partial charge in [-0.25, -0.2) is 0 Å². The molecule has 1 heterocycles. The molecular weight excluding hydrogens is 200 g/mol. The lowest BCUT2D eigenvalue weighted by Crippen LogP contribution is -2.17. The average molecular weight is 220 g/mol. The Kier molecular flexibility index (Phi) is 3.75. The largest absolute Gasteiger partial charge is 0.292 e. The molecule has 0 unspecified atom stereocenters. The molecule has 1 fully saturated rings. The van der Waals surface area contributed by atoms with E-state index in [1.807, 2.05) is 19.3 Å². The number of nitrogens with zero attached hydrogens (tertiary/aromatic N) is 2. The summed E-state index contributed by atoms with van der Waals surface area (Å²) in [5.74, 6) is 0.470. The van der Waals surface area contributed by atoms with Crippen LogP contribution < -0.4 is 0 Å². The van der Waals surface area contributed by atoms with Gasteiger partial charge in [0, 0.05) is 19.2 Å². The Morgan fingerprint density at radius 3 is 2.44 bits per heavy atom. The van der Waals surface area contributed by atoms with Gasteiger partial charge in [-0.2, -0.15) is 5.10 Å². The molecule has 0 bridgehead atoms. The van der Waals surface area contributed by atoms with Crippen molar-refractivity contribution < 1.29 is 4.79 Å². The van der Waals surface area contributed by atoms with Crippen molar-refractivity contribution in [3.63, 3.8) is 0 Å². The summed E-state index contributed by atoms with van der Waals surface area (Å²) in [6.07, 6.45) is 10.2. The van der Waals surface area contributed by atoms with Crippen LogP contribution in [0.3, 0.4) is 0 Å². The van der Waals surface area contributed by atoms with Crippen molar-refractivity contribution in [1.82, 2.24) is 9.78 Å². The quantitative estimate of drug-likeness (QED) is 0.718. The SMILES string of the molecule is Cn1ccc(C(=O)C2CCCCCCC2)n1. The molecule has 1 aromatic heterocycles. The minimum Gasteiger partial charge on any atom is -0.292 e. The number of hydrogen-bond donors (Lipinski definition) is 0. The van der Waals surface area contributed by atoms with Crippen molar-refractivity contribution in [3.8, 4) is 0 Å². The summed E-state index contributed by atoms with van der Waals surface area (Å²) in [6.45, 7) is 0. The van der Waals surface area contributed by atoms with Gasteiger partial charge in [-0.15, -0.1) is 0 Å². The number of hydrogen-bond acceptors (Lipinski definition) is 2. The number of Topliss-reactive ketones (excluding diaryl/α,β-unsaturated/α-hetero) is 1. The molecule has 0 spiro atoms. The van der Waals surface area contributed by atoms with Gasteiger partial charge in [-0.05, 0) is 18.9 Å². The van der Waals surface area contributed by atoms with E-state index >= 15 is 0 Å². The predicted octanol–water partition coefficient (Wildman–Crippen LogP) is 2.96. The van der Waals surface area contributed by atoms with E-state index in [2.05, 4.69) is 5.10 Å². The normalized spacial score (nSPS) is 19.1. The van der Waals surface area contributed by atoms with E-state index < -0.39 is 0 Å². The molecule has 3 nitrogen and oxygen atoms in total. The smallest absolute Gasteiger partial charge is 0.186 e. The van der Waals surface area contributed by atoms with Crippen molar-refractivity contribution >= 4 is 5.78 Å². The first kappa shape index (κ1) is 11.4. The highest BCUT2D eigenvalue weighted by Gasteiger charge is 2.22. The molecule has 0 aromatic carbocycles. The molecule has 88 valence electrons. The summed E-state index contributed by atoms with van der Waals surface area (Å²) in [6, 6.07) is 1.83. The molecule has 1 aliphatic rings. The van der Waals surface area contributed by atoms with E-state index in [9.17, 15) is 4.79 Å². The summed E-state index contributed by atoms with van der Waals surface area (Å²) in [5, 5.41) is 4.21. The van der Waals surface area contributed by atoms with E-state index in [0.717, 1.165) is 12.8 Å². The van der Waals surface area contributed by atoms with Crippen LogP contribution in [0.1, 0.15) is 55.4 Å². The van der Waals surface area contributed by atoms with Crippen molar-refractivity contribution in [2.45, 2.75) is 44.9 Å². The Labute approximate surface area is 96.8 Å². The Hall–Kier alpha value is -1.12. The summed E-state index contributed by atoms with van der Waals surface area (Å²) in [7, 11) is 1.86. The molecule has 0 N–H and O–H groups in total. The molecule has 2 rings (SSSR count). The van der Waals surface area contributed by atoms with Gasteiger partial charge in [0.15, 0.2) is 5.78 Å². The highest BCUT2D eigenvalue weighted by molar-refractivity contribution is 5.95. The van der Waals surface area contributed by atoms with E-state index in [1.54, 1.807) is 4.68 Å². The summed E-state index contributed by atoms with van der Waals surface area (Å²) >= 11 is 0. The van der Waals surface area contributed by atoms with Crippen LogP contribution in [0.5, 0.6) is 0 Å². The van der Waals surface area contributed by atoms with Crippen LogP contribution in [0.2, 0.25) is 0 Å². The Balaban J connectivity index is 2.01. The number of ketones is 1. The number of aryl methyl sites for hydroxylation is 1. The maximum atomic E-state index is 12.2. The maximum Gasteiger partial charge on any atom is 0.186 e. The van der Waals surface area contributed by atoms with E-state index in [1.165, 1.54) is 32.1 Å². The van der Waals surface area contributed by atoms with Gasteiger partial charge in [0.25, 0.3) is 0 Å². The summed E-state index contributed by atoms with van der Waals surface area (Å²) in [5.41, 5.74) is 0.646. The minimum absolute atomic E-state index is 0.218. The molecule has 0 saturated heterocycles. The molecule has 3 heteroatoms. The van der Waals surface area contributed by atoms with Gasteiger partial charge in [-0.3, -0.25) is 9.48 Å². The second-order valence-corrected chi connectivity index (χ2v) is 4.78. The van der Waals surface area contributed by atoms with Crippen LogP contribution >= 0.6 is 0 Å². The fraction of sp³-hybridized carbons (Fsp3) is 0.692. The molecular formula is C13H20N2O. The number of carbonyl (C=O) groups is 1. The molecule has 1 aliphatic carbocycles. The number of rotatable bonds is 2. The second-order valence-electron chi connectivity index (χ2n) is 4.78. The third-order valence-corrected chi connectivity index (χ3v) is 3.44. The first-order valence-electron chi connectivity index (χ1n) is 6.31. The van der Waals surface area contributed by atoms with Crippen LogP contribution in [0.4, 0.5) is 0 Å². The van der Waals surface area contributed by atoms with Gasteiger partial charge in [0.2, 0.25) is 0 Å². The third kappa shape index (κ3) is 2.71. The van der Waals surface area contributed by atoms with Gasteiger partial charge < -0.3 is 0 Å². The van der Waals surface area contributed by atoms with Crippen molar-refractivity contribution in [2.75, 3.05) is 0 Å². The number of carbonyl (C=O) groups excluding carboxylic acids is 1. The Morgan fingerprint density at radius 1 is 1.25 bits per heavy atom. The Bertz CT molecular complexity index is 349. The van der Waals surface area contributed by atoms with Crippen molar-refractivity contribution in [2.24, 2.45) is 13.0 Å². The molecule has 1 aromatic rings. The molecule has 0 radical (unpaired) electrons. The molecule has 0 atom stereocenters. The zero-order valence-corrected chi connectivity index (χ0v) is 9.98. The fourth-order valence-corrected chi connectivity index (χ4v) is 2.47. The van der Waals surface area contributed by atoms with E-state index in [-0.39, 0.29) is 11.7 Å². The molecule has 1 saturated carbocycles. The lowest BCUT2D eigenvalue weighted by Gasteiger charge is -2.17. The topological polar surface area (TPSA) is 34.9 Å². The van der Waals surface area contributed by atoms with E-state index in [0.29, 0.717) is 5.69 Å². The summed E-state index contributed by atoms with van der Waals surface area (Å²) < 4.78 is 1.70. The zero-order valence-electron chi connectivity index (χ0n) is 9.98. The zero-order chi connectivity index (χ0) is 11.4. The van der Waals surface area contributed by atoms with Crippen LogP contribution in [0, 0.1) is 5.92 Å². The van der Waals surface area contributed by atoms with Gasteiger partial charge in [-0.1, -0.05) is 32.1 Å². The van der Waals surface area contributed by atoms with Gasteiger partial charge in [0.1, 0.15) is 5.69 Å². The molecule has 0 aliphatic heterocycles. The number of aromatic nitrogens is 2. The van der Waals surface area contributed by atoms with Crippen molar-refractivity contribution in [3.05, 3.63) is 18.0 Å². The first-order valence-corrected chi connectivity index (χ1v) is 6.31. The first-order chi connectivity index (χ1) is 7.77. The monoisotopic (exact) mass is 220 g/mol. The summed E-state index contributed by atoms with van der Waals surface area (Å²) in [4.78, 5) is 12.2. The van der Waals surface area contributed by atoms with Crippen LogP contribution in [0.15, 0.2) is 12.3 Å². The van der Waals surface area contributed by atoms with Crippen LogP contribution in [-0.2, 0) is 7.05 Å². The lowest BCUT2D eigenvalue weighted by molar-refractivity contribution is 0.0892. The van der Waals surface area contributed by atoms with Gasteiger partial charge >= 0.3 is 0 Å². The standard InChI is InChI=1S/C13H20N2O/c1-15-10-9-12(14-15)13(16)11-7-5-3-2-4-6-8-11/h9-11H,2-8H2,1H3. The Morgan fingerprint density at radius 2 is 1.88 bits per heavy atom. The highest BCUT2D eigenvalue weighted by atomic mass is 16.1. The fourth-order valence-electron chi connectivity index (χ4n) is 2.47. The van der Waals surface area contributed by atoms with Crippen LogP contribution in [-0.4, -0.2) is 15.6 Å². The highest BCUT2D eigenvalue weighted by Crippen LogP contribution is 2.24. The van der Waals surface area contributed by atoms with Crippen molar-refractivity contribution in [1.29, 1.82) is 0 Å². The predicted molar refractivity (Wildman–Crippen MR) is 63.3 cm³/mol. The second kappa shape index (κ2) is 5.28. The average Bonchev–Trinajstić information content (AvgIpc) is 2.63.